The molecule has 140 valence electrons. The molecule has 1 heterocycles. The highest BCUT2D eigenvalue weighted by Crippen LogP contribution is 2.25. The molecule has 1 unspecified atom stereocenters. The lowest BCUT2D eigenvalue weighted by Gasteiger charge is -2.16. The van der Waals surface area contributed by atoms with Crippen LogP contribution in [0.25, 0.3) is 11.1 Å². The summed E-state index contributed by atoms with van der Waals surface area (Å²) in [5.74, 6) is -0.194. The Hall–Kier alpha value is -3.35. The molecule has 0 aliphatic rings. The number of para-hydroxylation sites is 2. The van der Waals surface area contributed by atoms with E-state index >= 15 is 0 Å². The first kappa shape index (κ1) is 18.4. The number of benzene rings is 2. The molecule has 0 aliphatic heterocycles. The van der Waals surface area contributed by atoms with E-state index in [0.717, 1.165) is 11.1 Å². The number of carbonyl (C=O) groups is 2. The molecular weight excluding hydrogens is 348 g/mol. The second-order valence-corrected chi connectivity index (χ2v) is 5.90. The zero-order valence-corrected chi connectivity index (χ0v) is 15.1. The topological polar surface area (TPSA) is 90.7 Å². The van der Waals surface area contributed by atoms with Gasteiger partial charge >= 0.3 is 12.0 Å². The number of rotatable bonds is 7. The zero-order valence-electron chi connectivity index (χ0n) is 15.1. The molecule has 1 atom stereocenters. The van der Waals surface area contributed by atoms with E-state index in [2.05, 4.69) is 10.3 Å². The lowest BCUT2D eigenvalue weighted by atomic mass is 10.1. The van der Waals surface area contributed by atoms with E-state index in [9.17, 15) is 9.59 Å². The van der Waals surface area contributed by atoms with E-state index in [1.165, 1.54) is 6.92 Å². The van der Waals surface area contributed by atoms with Crippen LogP contribution < -0.4 is 10.1 Å². The van der Waals surface area contributed by atoms with Gasteiger partial charge in [0.05, 0.1) is 6.61 Å². The molecule has 3 rings (SSSR count). The number of nitrogens with zero attached hydrogens (tertiary/aromatic N) is 1. The Kier molecular flexibility index (Phi) is 5.71. The molecule has 7 heteroatoms. The fourth-order valence-corrected chi connectivity index (χ4v) is 2.61. The first-order valence-electron chi connectivity index (χ1n) is 8.61. The van der Waals surface area contributed by atoms with Crippen molar-refractivity contribution in [2.24, 2.45) is 0 Å². The van der Waals surface area contributed by atoms with E-state index in [1.807, 2.05) is 36.4 Å². The Morgan fingerprint density at radius 2 is 1.89 bits per heavy atom. The van der Waals surface area contributed by atoms with Crippen LogP contribution in [-0.2, 0) is 20.7 Å². The van der Waals surface area contributed by atoms with Crippen molar-refractivity contribution in [1.29, 1.82) is 0 Å². The molecule has 1 aromatic heterocycles. The van der Waals surface area contributed by atoms with Gasteiger partial charge in [-0.3, -0.25) is 4.79 Å². The second-order valence-electron chi connectivity index (χ2n) is 5.90. The predicted octanol–water partition coefficient (Wildman–Crippen LogP) is 3.23. The molecule has 0 aliphatic carbocycles. The van der Waals surface area contributed by atoms with Gasteiger partial charge in [0.25, 0.3) is 0 Å². The average Bonchev–Trinajstić information content (AvgIpc) is 3.05. The molecule has 0 saturated heterocycles. The quantitative estimate of drug-likeness (QED) is 0.644. The van der Waals surface area contributed by atoms with Crippen molar-refractivity contribution in [3.8, 4) is 11.8 Å². The van der Waals surface area contributed by atoms with Gasteiger partial charge < -0.3 is 19.2 Å². The monoisotopic (exact) mass is 368 g/mol. The highest BCUT2D eigenvalue weighted by Gasteiger charge is 2.21. The van der Waals surface area contributed by atoms with Crippen molar-refractivity contribution in [2.75, 3.05) is 6.61 Å². The fourth-order valence-electron chi connectivity index (χ4n) is 2.61. The molecule has 0 saturated carbocycles. The third-order valence-electron chi connectivity index (χ3n) is 3.79. The summed E-state index contributed by atoms with van der Waals surface area (Å²) in [5.41, 5.74) is 2.22. The Morgan fingerprint density at radius 1 is 1.15 bits per heavy atom. The number of ether oxygens (including phenoxy) is 2. The first-order chi connectivity index (χ1) is 13.0. The SMILES string of the molecule is CCOC(=O)C(Cc1ccc(Oc2nc3ccccc3o2)cc1)NC(C)=O. The van der Waals surface area contributed by atoms with E-state index in [1.54, 1.807) is 19.1 Å². The Bertz CT molecular complexity index is 900. The molecule has 0 fully saturated rings. The van der Waals surface area contributed by atoms with Crippen molar-refractivity contribution >= 4 is 23.0 Å². The van der Waals surface area contributed by atoms with Crippen molar-refractivity contribution in [3.63, 3.8) is 0 Å². The van der Waals surface area contributed by atoms with E-state index in [-0.39, 0.29) is 18.6 Å². The van der Waals surface area contributed by atoms with E-state index in [4.69, 9.17) is 13.9 Å². The highest BCUT2D eigenvalue weighted by molar-refractivity contribution is 5.83. The first-order valence-corrected chi connectivity index (χ1v) is 8.61. The highest BCUT2D eigenvalue weighted by atomic mass is 16.6. The van der Waals surface area contributed by atoms with Crippen LogP contribution in [0.15, 0.2) is 52.9 Å². The summed E-state index contributed by atoms with van der Waals surface area (Å²) in [6.07, 6.45) is 0.480. The minimum absolute atomic E-state index is 0.159. The molecule has 0 radical (unpaired) electrons. The molecule has 1 amide bonds. The third-order valence-corrected chi connectivity index (χ3v) is 3.79. The normalized spacial score (nSPS) is 11.8. The number of hydrogen-bond donors (Lipinski definition) is 1. The summed E-state index contributed by atoms with van der Waals surface area (Å²) in [4.78, 5) is 27.6. The number of amides is 1. The third kappa shape index (κ3) is 4.84. The molecule has 3 aromatic rings. The molecule has 7 nitrogen and oxygen atoms in total. The molecule has 27 heavy (non-hydrogen) atoms. The molecule has 2 aromatic carbocycles. The van der Waals surface area contributed by atoms with E-state index in [0.29, 0.717) is 17.8 Å². The van der Waals surface area contributed by atoms with Gasteiger partial charge in [0, 0.05) is 13.3 Å². The fraction of sp³-hybridized carbons (Fsp3) is 0.250. The van der Waals surface area contributed by atoms with E-state index < -0.39 is 12.0 Å². The summed E-state index contributed by atoms with van der Waals surface area (Å²) in [5, 5.41) is 2.61. The van der Waals surface area contributed by atoms with Crippen LogP contribution in [0.5, 0.6) is 11.8 Å². The lowest BCUT2D eigenvalue weighted by Crippen LogP contribution is -2.42. The van der Waals surface area contributed by atoms with Crippen LogP contribution in [0.3, 0.4) is 0 Å². The van der Waals surface area contributed by atoms with Gasteiger partial charge in [-0.25, -0.2) is 4.79 Å². The van der Waals surface area contributed by atoms with Crippen molar-refractivity contribution in [2.45, 2.75) is 26.3 Å². The Balaban J connectivity index is 1.68. The van der Waals surface area contributed by atoms with Crippen LogP contribution >= 0.6 is 0 Å². The summed E-state index contributed by atoms with van der Waals surface area (Å²) in [6.45, 7) is 3.34. The number of aromatic nitrogens is 1. The number of hydrogen-bond acceptors (Lipinski definition) is 6. The predicted molar refractivity (Wildman–Crippen MR) is 98.5 cm³/mol. The van der Waals surface area contributed by atoms with Crippen LogP contribution in [0.1, 0.15) is 19.4 Å². The molecule has 1 N–H and O–H groups in total. The minimum atomic E-state index is -0.730. The Morgan fingerprint density at radius 3 is 2.56 bits per heavy atom. The maximum absolute atomic E-state index is 12.0. The smallest absolute Gasteiger partial charge is 0.400 e. The lowest BCUT2D eigenvalue weighted by molar-refractivity contribution is -0.147. The van der Waals surface area contributed by atoms with Crippen LogP contribution in [-0.4, -0.2) is 29.5 Å². The summed E-state index contributed by atoms with van der Waals surface area (Å²) >= 11 is 0. The Labute approximate surface area is 156 Å². The van der Waals surface area contributed by atoms with Crippen LogP contribution in [0.4, 0.5) is 0 Å². The summed E-state index contributed by atoms with van der Waals surface area (Å²) < 4.78 is 16.2. The number of oxazole rings is 1. The standard InChI is InChI=1S/C20H20N2O5/c1-3-25-19(24)17(21-13(2)23)12-14-8-10-15(11-9-14)26-20-22-16-6-4-5-7-18(16)27-20/h4-11,17H,3,12H2,1-2H3,(H,21,23). The van der Waals surface area contributed by atoms with Gasteiger partial charge in [-0.1, -0.05) is 24.3 Å². The van der Waals surface area contributed by atoms with Gasteiger partial charge in [0.1, 0.15) is 17.3 Å². The number of fused-ring (bicyclic) bond motifs is 1. The maximum atomic E-state index is 12.0. The van der Waals surface area contributed by atoms with Crippen molar-refractivity contribution in [3.05, 3.63) is 54.1 Å². The van der Waals surface area contributed by atoms with Gasteiger partial charge in [0.2, 0.25) is 5.91 Å². The van der Waals surface area contributed by atoms with Gasteiger partial charge in [0.15, 0.2) is 5.58 Å². The zero-order chi connectivity index (χ0) is 19.2. The molecular formula is C20H20N2O5. The van der Waals surface area contributed by atoms with Crippen LogP contribution in [0.2, 0.25) is 0 Å². The van der Waals surface area contributed by atoms with Crippen molar-refractivity contribution < 1.29 is 23.5 Å². The van der Waals surface area contributed by atoms with Crippen molar-refractivity contribution in [1.82, 2.24) is 10.3 Å². The second kappa shape index (κ2) is 8.35. The van der Waals surface area contributed by atoms with Crippen LogP contribution in [0, 0.1) is 0 Å². The van der Waals surface area contributed by atoms with Gasteiger partial charge in [-0.2, -0.15) is 4.98 Å². The molecule has 0 bridgehead atoms. The van der Waals surface area contributed by atoms with Gasteiger partial charge in [-0.15, -0.1) is 0 Å². The maximum Gasteiger partial charge on any atom is 0.400 e. The minimum Gasteiger partial charge on any atom is -0.464 e. The molecule has 0 spiro atoms. The van der Waals surface area contributed by atoms with Gasteiger partial charge in [-0.05, 0) is 36.8 Å². The largest absolute Gasteiger partial charge is 0.464 e. The average molecular weight is 368 g/mol. The number of nitrogens with one attached hydrogen (secondary N) is 1. The number of esters is 1. The number of carbonyl (C=O) groups excluding carboxylic acids is 2. The summed E-state index contributed by atoms with van der Waals surface area (Å²) in [7, 11) is 0. The summed E-state index contributed by atoms with van der Waals surface area (Å²) in [6, 6.07) is 13.8.